The van der Waals surface area contributed by atoms with Crippen LogP contribution in [0, 0.1) is 0 Å². The van der Waals surface area contributed by atoms with Gasteiger partial charge in [0.15, 0.2) is 0 Å². The van der Waals surface area contributed by atoms with E-state index in [-0.39, 0.29) is 6.04 Å². The molecule has 0 N–H and O–H groups in total. The second-order valence-corrected chi connectivity index (χ2v) is 16.9. The molecule has 0 saturated carbocycles. The van der Waals surface area contributed by atoms with Crippen molar-refractivity contribution in [1.82, 2.24) is 4.57 Å². The first-order valence-corrected chi connectivity index (χ1v) is 22.5. The lowest BCUT2D eigenvalue weighted by molar-refractivity contribution is 0.787. The number of hydrogen-bond acceptors (Lipinski definition) is 2. The molecule has 1 heterocycles. The van der Waals surface area contributed by atoms with Crippen LogP contribution in [0.3, 0.4) is 0 Å². The molecule has 1 aliphatic rings. The molecule has 0 fully saturated rings. The van der Waals surface area contributed by atoms with E-state index < -0.39 is 0 Å². The molecule has 10 aromatic carbocycles. The number of benzene rings is 10. The normalized spacial score (nSPS) is 13.8. The Bertz CT molecular complexity index is 3560. The van der Waals surface area contributed by atoms with Gasteiger partial charge in [-0.2, -0.15) is 0 Å². The number of anilines is 4. The fraction of sp³-hybridized carbons (Fsp3) is 0.0323. The van der Waals surface area contributed by atoms with Crippen LogP contribution in [0.5, 0.6) is 0 Å². The number of rotatable bonds is 9. The maximum atomic E-state index is 2.55. The summed E-state index contributed by atoms with van der Waals surface area (Å²) in [4.78, 5) is 4.98. The van der Waals surface area contributed by atoms with Crippen molar-refractivity contribution < 1.29 is 0 Å². The van der Waals surface area contributed by atoms with Gasteiger partial charge in [0, 0.05) is 50.3 Å². The highest BCUT2D eigenvalue weighted by Gasteiger charge is 2.28. The molecule has 3 heteroatoms. The number of hydrogen-bond donors (Lipinski definition) is 0. The summed E-state index contributed by atoms with van der Waals surface area (Å²) in [6, 6.07) is 88.2. The molecule has 0 radical (unpaired) electrons. The van der Waals surface area contributed by atoms with Gasteiger partial charge in [0.25, 0.3) is 0 Å². The van der Waals surface area contributed by atoms with Crippen LogP contribution in [0.15, 0.2) is 261 Å². The van der Waals surface area contributed by atoms with Crippen molar-refractivity contribution in [1.29, 1.82) is 0 Å². The fourth-order valence-corrected chi connectivity index (χ4v) is 10.0. The lowest BCUT2D eigenvalue weighted by Crippen LogP contribution is -2.33. The molecule has 0 spiro atoms. The quantitative estimate of drug-likeness (QED) is 0.144. The summed E-state index contributed by atoms with van der Waals surface area (Å²) in [5.74, 6) is 0. The zero-order chi connectivity index (χ0) is 43.1. The molecule has 0 bridgehead atoms. The van der Waals surface area contributed by atoms with E-state index >= 15 is 0 Å². The molecule has 0 amide bonds. The van der Waals surface area contributed by atoms with Crippen molar-refractivity contribution in [3.8, 4) is 16.8 Å². The van der Waals surface area contributed by atoms with Crippen LogP contribution in [0.2, 0.25) is 0 Å². The molecule has 308 valence electrons. The Hall–Kier alpha value is -8.40. The predicted molar refractivity (Wildman–Crippen MR) is 276 cm³/mol. The van der Waals surface area contributed by atoms with E-state index in [4.69, 9.17) is 0 Å². The Morgan fingerprint density at radius 3 is 1.77 bits per heavy atom. The molecule has 1 aromatic heterocycles. The Morgan fingerprint density at radius 1 is 0.385 bits per heavy atom. The molecule has 12 rings (SSSR count). The van der Waals surface area contributed by atoms with Gasteiger partial charge in [-0.25, -0.2) is 0 Å². The third kappa shape index (κ3) is 7.04. The molecule has 65 heavy (non-hydrogen) atoms. The first-order valence-electron chi connectivity index (χ1n) is 22.5. The van der Waals surface area contributed by atoms with Crippen LogP contribution in [0.4, 0.5) is 22.7 Å². The third-order valence-electron chi connectivity index (χ3n) is 13.0. The lowest BCUT2D eigenvalue weighted by Gasteiger charge is -2.38. The van der Waals surface area contributed by atoms with Crippen molar-refractivity contribution in [2.24, 2.45) is 0 Å². The lowest BCUT2D eigenvalue weighted by atomic mass is 9.89. The largest absolute Gasteiger partial charge is 0.334 e. The molecule has 11 aromatic rings. The Balaban J connectivity index is 1.00. The second kappa shape index (κ2) is 16.4. The minimum atomic E-state index is -0.0195. The standard InChI is InChI=1S/C62H45N3/c1-4-21-51(22-5-1)63(54-37-35-44-17-10-11-19-48(44)39-54)55-40-50(41-56(43-55)64(52-23-6-2-7-24-52)60-30-16-20-47-18-12-13-27-57(47)60)46-33-31-45(32-34-46)49-36-38-62-59(42-49)58-28-14-15-29-61(58)65(62)53-25-8-3-9-26-53/h1-40,42-43,56H,41H2. The van der Waals surface area contributed by atoms with Gasteiger partial charge in [-0.1, -0.05) is 170 Å². The van der Waals surface area contributed by atoms with Crippen molar-refractivity contribution in [2.45, 2.75) is 12.5 Å². The highest BCUT2D eigenvalue weighted by atomic mass is 15.2. The third-order valence-corrected chi connectivity index (χ3v) is 13.0. The minimum Gasteiger partial charge on any atom is -0.334 e. The molecule has 1 unspecified atom stereocenters. The van der Waals surface area contributed by atoms with Crippen molar-refractivity contribution in [2.75, 3.05) is 9.80 Å². The Kier molecular flexibility index (Phi) is 9.65. The van der Waals surface area contributed by atoms with E-state index in [0.29, 0.717) is 0 Å². The number of para-hydroxylation sites is 4. The average molecular weight is 832 g/mol. The fourth-order valence-electron chi connectivity index (χ4n) is 10.0. The van der Waals surface area contributed by atoms with Gasteiger partial charge in [-0.15, -0.1) is 0 Å². The highest BCUT2D eigenvalue weighted by Crippen LogP contribution is 2.43. The van der Waals surface area contributed by atoms with Gasteiger partial charge in [0.05, 0.1) is 17.1 Å². The van der Waals surface area contributed by atoms with Crippen LogP contribution in [-0.2, 0) is 0 Å². The van der Waals surface area contributed by atoms with Gasteiger partial charge in [-0.05, 0) is 130 Å². The van der Waals surface area contributed by atoms with E-state index in [9.17, 15) is 0 Å². The van der Waals surface area contributed by atoms with Crippen LogP contribution < -0.4 is 9.80 Å². The predicted octanol–water partition coefficient (Wildman–Crippen LogP) is 16.5. The monoisotopic (exact) mass is 831 g/mol. The zero-order valence-electron chi connectivity index (χ0n) is 35.9. The Labute approximate surface area is 379 Å². The minimum absolute atomic E-state index is 0.0195. The SMILES string of the molecule is C1=C(c2ccc(-c3ccc4c(c3)c3ccccc3n4-c3ccccc3)cc2)CC(N(c2ccccc2)c2cccc3ccccc23)C=C1N(c1ccccc1)c1ccc2ccccc2c1. The first-order chi connectivity index (χ1) is 32.2. The molecular formula is C62H45N3. The number of aromatic nitrogens is 1. The molecular weight excluding hydrogens is 787 g/mol. The van der Waals surface area contributed by atoms with Crippen LogP contribution in [-0.4, -0.2) is 10.6 Å². The van der Waals surface area contributed by atoms with Crippen molar-refractivity contribution >= 4 is 71.7 Å². The first kappa shape index (κ1) is 38.3. The summed E-state index contributed by atoms with van der Waals surface area (Å²) in [7, 11) is 0. The highest BCUT2D eigenvalue weighted by molar-refractivity contribution is 6.10. The molecule has 0 aliphatic heterocycles. The van der Waals surface area contributed by atoms with Gasteiger partial charge in [0.2, 0.25) is 0 Å². The number of allylic oxidation sites excluding steroid dienone is 1. The molecule has 0 saturated heterocycles. The van der Waals surface area contributed by atoms with E-state index in [2.05, 4.69) is 269 Å². The van der Waals surface area contributed by atoms with E-state index in [1.54, 1.807) is 0 Å². The molecule has 1 aliphatic carbocycles. The van der Waals surface area contributed by atoms with E-state index in [0.717, 1.165) is 29.2 Å². The van der Waals surface area contributed by atoms with Gasteiger partial charge in [0.1, 0.15) is 0 Å². The summed E-state index contributed by atoms with van der Waals surface area (Å²) >= 11 is 0. The van der Waals surface area contributed by atoms with Crippen molar-refractivity contribution in [3.05, 3.63) is 266 Å². The number of nitrogens with zero attached hydrogens (tertiary/aromatic N) is 3. The topological polar surface area (TPSA) is 11.4 Å². The Morgan fingerprint density at radius 2 is 0.985 bits per heavy atom. The van der Waals surface area contributed by atoms with E-state index in [1.165, 1.54) is 77.0 Å². The maximum Gasteiger partial charge on any atom is 0.0586 e. The summed E-state index contributed by atoms with van der Waals surface area (Å²) in [5, 5.41) is 7.40. The maximum absolute atomic E-state index is 2.55. The van der Waals surface area contributed by atoms with Gasteiger partial charge in [-0.3, -0.25) is 0 Å². The van der Waals surface area contributed by atoms with Gasteiger partial charge < -0.3 is 14.4 Å². The van der Waals surface area contributed by atoms with Gasteiger partial charge >= 0.3 is 0 Å². The van der Waals surface area contributed by atoms with Crippen LogP contribution in [0.25, 0.3) is 65.7 Å². The summed E-state index contributed by atoms with van der Waals surface area (Å²) in [5.41, 5.74) is 14.2. The van der Waals surface area contributed by atoms with E-state index in [1.807, 2.05) is 0 Å². The number of fused-ring (bicyclic) bond motifs is 5. The smallest absolute Gasteiger partial charge is 0.0586 e. The van der Waals surface area contributed by atoms with Crippen molar-refractivity contribution in [3.63, 3.8) is 0 Å². The summed E-state index contributed by atoms with van der Waals surface area (Å²) in [6.45, 7) is 0. The second-order valence-electron chi connectivity index (χ2n) is 16.9. The summed E-state index contributed by atoms with van der Waals surface area (Å²) in [6.07, 6.45) is 5.71. The molecule has 3 nitrogen and oxygen atoms in total. The van der Waals surface area contributed by atoms with Crippen LogP contribution in [0.1, 0.15) is 12.0 Å². The average Bonchev–Trinajstić information content (AvgIpc) is 3.71. The zero-order valence-corrected chi connectivity index (χ0v) is 35.9. The van der Waals surface area contributed by atoms with Crippen LogP contribution >= 0.6 is 0 Å². The molecule has 1 atom stereocenters. The summed E-state index contributed by atoms with van der Waals surface area (Å²) < 4.78 is 2.38.